The van der Waals surface area contributed by atoms with E-state index >= 15 is 0 Å². The number of ether oxygens (including phenoxy) is 1. The fraction of sp³-hybridized carbons (Fsp3) is 0.700. The van der Waals surface area contributed by atoms with Crippen LogP contribution >= 0.6 is 0 Å². The molecule has 12 heavy (non-hydrogen) atoms. The molecule has 1 saturated heterocycles. The van der Waals surface area contributed by atoms with E-state index in [0.29, 0.717) is 11.5 Å². The van der Waals surface area contributed by atoms with Crippen LogP contribution in [-0.4, -0.2) is 12.1 Å². The molecule has 2 heteroatoms. The Kier molecular flexibility index (Phi) is 1.91. The van der Waals surface area contributed by atoms with E-state index in [1.165, 1.54) is 19.3 Å². The van der Waals surface area contributed by atoms with Crippen molar-refractivity contribution in [1.82, 2.24) is 0 Å². The molecule has 2 atom stereocenters. The molecule has 2 aliphatic rings. The Hall–Kier alpha value is -0.790. The molecule has 0 aromatic carbocycles. The van der Waals surface area contributed by atoms with Crippen LogP contribution in [0.15, 0.2) is 12.2 Å². The molecule has 66 valence electrons. The summed E-state index contributed by atoms with van der Waals surface area (Å²) in [7, 11) is 0. The lowest BCUT2D eigenvalue weighted by Gasteiger charge is -2.35. The lowest BCUT2D eigenvalue weighted by molar-refractivity contribution is -0.153. The molecule has 2 nitrogen and oxygen atoms in total. The zero-order valence-electron chi connectivity index (χ0n) is 7.21. The quantitative estimate of drug-likeness (QED) is 0.406. The van der Waals surface area contributed by atoms with Crippen LogP contribution in [0.5, 0.6) is 0 Å². The summed E-state index contributed by atoms with van der Waals surface area (Å²) >= 11 is 0. The van der Waals surface area contributed by atoms with Crippen molar-refractivity contribution < 1.29 is 9.53 Å². The van der Waals surface area contributed by atoms with Gasteiger partial charge in [0.1, 0.15) is 6.10 Å². The summed E-state index contributed by atoms with van der Waals surface area (Å²) in [5, 5.41) is 0. The highest BCUT2D eigenvalue weighted by Gasteiger charge is 2.34. The van der Waals surface area contributed by atoms with E-state index in [4.69, 9.17) is 4.74 Å². The van der Waals surface area contributed by atoms with Gasteiger partial charge >= 0.3 is 5.97 Å². The lowest BCUT2D eigenvalue weighted by Crippen LogP contribution is -2.35. The zero-order valence-corrected chi connectivity index (χ0v) is 7.21. The highest BCUT2D eigenvalue weighted by molar-refractivity contribution is 5.88. The second-order valence-electron chi connectivity index (χ2n) is 3.80. The third kappa shape index (κ3) is 1.26. The van der Waals surface area contributed by atoms with Gasteiger partial charge in [-0.05, 0) is 25.7 Å². The molecule has 0 N–H and O–H groups in total. The summed E-state index contributed by atoms with van der Waals surface area (Å²) in [5.41, 5.74) is 0.665. The number of carbonyl (C=O) groups excluding carboxylic acids is 1. The van der Waals surface area contributed by atoms with Gasteiger partial charge in [0.05, 0.1) is 0 Å². The number of hydrogen-bond donors (Lipinski definition) is 0. The van der Waals surface area contributed by atoms with Gasteiger partial charge in [0, 0.05) is 11.5 Å². The molecule has 0 unspecified atom stereocenters. The third-order valence-corrected chi connectivity index (χ3v) is 2.90. The van der Waals surface area contributed by atoms with Crippen LogP contribution in [0.25, 0.3) is 0 Å². The predicted molar refractivity (Wildman–Crippen MR) is 45.6 cm³/mol. The van der Waals surface area contributed by atoms with Gasteiger partial charge in [0.25, 0.3) is 0 Å². The van der Waals surface area contributed by atoms with E-state index in [9.17, 15) is 4.79 Å². The first-order valence-electron chi connectivity index (χ1n) is 4.66. The fourth-order valence-corrected chi connectivity index (χ4v) is 2.18. The van der Waals surface area contributed by atoms with E-state index in [-0.39, 0.29) is 12.1 Å². The van der Waals surface area contributed by atoms with E-state index < -0.39 is 0 Å². The predicted octanol–water partition coefficient (Wildman–Crippen LogP) is 2.05. The Morgan fingerprint density at radius 1 is 1.33 bits per heavy atom. The smallest absolute Gasteiger partial charge is 0.333 e. The van der Waals surface area contributed by atoms with Crippen molar-refractivity contribution >= 4 is 5.97 Å². The molecule has 0 spiro atoms. The van der Waals surface area contributed by atoms with E-state index in [1.807, 2.05) is 0 Å². The molecule has 1 heterocycles. The Morgan fingerprint density at radius 2 is 2.08 bits per heavy atom. The number of fused-ring (bicyclic) bond motifs is 1. The first-order chi connectivity index (χ1) is 5.77. The molecule has 0 amide bonds. The van der Waals surface area contributed by atoms with Crippen molar-refractivity contribution in [2.45, 2.75) is 38.2 Å². The summed E-state index contributed by atoms with van der Waals surface area (Å²) in [6.45, 7) is 3.71. The highest BCUT2D eigenvalue weighted by Crippen LogP contribution is 2.35. The van der Waals surface area contributed by atoms with Crippen molar-refractivity contribution in [3.05, 3.63) is 12.2 Å². The first kappa shape index (κ1) is 7.84. The van der Waals surface area contributed by atoms with Gasteiger partial charge in [0.2, 0.25) is 0 Å². The second-order valence-corrected chi connectivity index (χ2v) is 3.80. The molecule has 2 fully saturated rings. The van der Waals surface area contributed by atoms with Gasteiger partial charge in [-0.3, -0.25) is 0 Å². The molecule has 0 aromatic heterocycles. The van der Waals surface area contributed by atoms with Crippen LogP contribution < -0.4 is 0 Å². The standard InChI is InChI=1S/C10H14O2/c1-7-6-8-4-2-3-5-9(8)12-10(7)11/h8-9H,1-6H2/t8-,9+/m1/s1. The monoisotopic (exact) mass is 166 g/mol. The number of rotatable bonds is 0. The minimum Gasteiger partial charge on any atom is -0.459 e. The van der Waals surface area contributed by atoms with Gasteiger partial charge in [-0.25, -0.2) is 4.79 Å². The minimum atomic E-state index is -0.168. The summed E-state index contributed by atoms with van der Waals surface area (Å²) in [4.78, 5) is 11.1. The SMILES string of the molecule is C=C1C[C@H]2CCCC[C@@H]2OC1=O. The van der Waals surface area contributed by atoms with Crippen LogP contribution in [0.4, 0.5) is 0 Å². The summed E-state index contributed by atoms with van der Waals surface area (Å²) in [6.07, 6.45) is 5.83. The number of esters is 1. The van der Waals surface area contributed by atoms with Crippen LogP contribution in [-0.2, 0) is 9.53 Å². The summed E-state index contributed by atoms with van der Waals surface area (Å²) in [5.74, 6) is 0.405. The lowest BCUT2D eigenvalue weighted by atomic mass is 9.81. The van der Waals surface area contributed by atoms with Crippen molar-refractivity contribution in [3.63, 3.8) is 0 Å². The summed E-state index contributed by atoms with van der Waals surface area (Å²) < 4.78 is 5.26. The van der Waals surface area contributed by atoms with E-state index in [0.717, 1.165) is 12.8 Å². The molecule has 0 bridgehead atoms. The van der Waals surface area contributed by atoms with E-state index in [2.05, 4.69) is 6.58 Å². The largest absolute Gasteiger partial charge is 0.459 e. The zero-order chi connectivity index (χ0) is 8.55. The second kappa shape index (κ2) is 2.92. The van der Waals surface area contributed by atoms with Crippen LogP contribution in [0.2, 0.25) is 0 Å². The Labute approximate surface area is 72.6 Å². The average molecular weight is 166 g/mol. The first-order valence-corrected chi connectivity index (χ1v) is 4.66. The normalized spacial score (nSPS) is 35.7. The number of carbonyl (C=O) groups is 1. The van der Waals surface area contributed by atoms with Gasteiger partial charge < -0.3 is 4.74 Å². The molecule has 1 aliphatic heterocycles. The third-order valence-electron chi connectivity index (χ3n) is 2.90. The van der Waals surface area contributed by atoms with Crippen molar-refractivity contribution in [3.8, 4) is 0 Å². The van der Waals surface area contributed by atoms with E-state index in [1.54, 1.807) is 0 Å². The maximum atomic E-state index is 11.1. The fourth-order valence-electron chi connectivity index (χ4n) is 2.18. The maximum Gasteiger partial charge on any atom is 0.333 e. The molecule has 0 radical (unpaired) electrons. The van der Waals surface area contributed by atoms with Gasteiger partial charge in [-0.1, -0.05) is 13.0 Å². The maximum absolute atomic E-state index is 11.1. The summed E-state index contributed by atoms with van der Waals surface area (Å²) in [6, 6.07) is 0. The Bertz CT molecular complexity index is 196. The van der Waals surface area contributed by atoms with Crippen molar-refractivity contribution in [2.24, 2.45) is 5.92 Å². The molecular formula is C10H14O2. The molecule has 1 aliphatic carbocycles. The van der Waals surface area contributed by atoms with Crippen LogP contribution in [0.1, 0.15) is 32.1 Å². The van der Waals surface area contributed by atoms with Gasteiger partial charge in [-0.2, -0.15) is 0 Å². The minimum absolute atomic E-state index is 0.168. The van der Waals surface area contributed by atoms with Crippen molar-refractivity contribution in [1.29, 1.82) is 0 Å². The van der Waals surface area contributed by atoms with Gasteiger partial charge in [0.15, 0.2) is 0 Å². The molecule has 2 rings (SSSR count). The Morgan fingerprint density at radius 3 is 2.92 bits per heavy atom. The molecular weight excluding hydrogens is 152 g/mol. The molecule has 0 aromatic rings. The van der Waals surface area contributed by atoms with Crippen LogP contribution in [0, 0.1) is 5.92 Å². The Balaban J connectivity index is 2.07. The van der Waals surface area contributed by atoms with Crippen molar-refractivity contribution in [2.75, 3.05) is 0 Å². The topological polar surface area (TPSA) is 26.3 Å². The highest BCUT2D eigenvalue weighted by atomic mass is 16.5. The number of hydrogen-bond acceptors (Lipinski definition) is 2. The average Bonchev–Trinajstić information content (AvgIpc) is 2.07. The molecule has 1 saturated carbocycles. The van der Waals surface area contributed by atoms with Crippen LogP contribution in [0.3, 0.4) is 0 Å². The van der Waals surface area contributed by atoms with Gasteiger partial charge in [-0.15, -0.1) is 0 Å².